The highest BCUT2D eigenvalue weighted by Crippen LogP contribution is 2.36. The van der Waals surface area contributed by atoms with Gasteiger partial charge in [-0.3, -0.25) is 14.2 Å². The molecule has 0 saturated heterocycles. The van der Waals surface area contributed by atoms with Gasteiger partial charge in [-0.15, -0.1) is 22.7 Å². The molecule has 0 spiro atoms. The number of nitrogens with one attached hydrogen (secondary N) is 1. The molecule has 0 unspecified atom stereocenters. The van der Waals surface area contributed by atoms with Crippen molar-refractivity contribution in [2.75, 3.05) is 25.1 Å². The van der Waals surface area contributed by atoms with Crippen molar-refractivity contribution in [1.82, 2.24) is 9.55 Å². The van der Waals surface area contributed by atoms with Crippen LogP contribution in [0.25, 0.3) is 21.3 Å². The average molecular weight is 632 g/mol. The van der Waals surface area contributed by atoms with Crippen molar-refractivity contribution in [1.29, 1.82) is 0 Å². The van der Waals surface area contributed by atoms with Crippen LogP contribution in [-0.4, -0.2) is 47.2 Å². The summed E-state index contributed by atoms with van der Waals surface area (Å²) in [5.74, 6) is -1.00. The monoisotopic (exact) mass is 631 g/mol. The number of amides is 1. The standard InChI is InChI=1S/C32H29N3O7S2/c1-4-40-31(38)26-23(21-12-10-19(2)11-13-21)17-43-29(26)34-24(36)16-35-18-33-28-25(30(35)37)20(3)27(44-28)32(39)42-15-14-41-22-8-6-5-7-9-22/h5-13,17-18H,4,14-16H2,1-3H3,(H,34,36). The quantitative estimate of drug-likeness (QED) is 0.142. The Morgan fingerprint density at radius 3 is 2.43 bits per heavy atom. The van der Waals surface area contributed by atoms with Gasteiger partial charge in [0, 0.05) is 10.9 Å². The molecule has 3 heterocycles. The molecule has 5 rings (SSSR count). The van der Waals surface area contributed by atoms with E-state index in [-0.39, 0.29) is 42.2 Å². The maximum Gasteiger partial charge on any atom is 0.348 e. The summed E-state index contributed by atoms with van der Waals surface area (Å²) < 4.78 is 17.4. The normalized spacial score (nSPS) is 10.9. The molecule has 0 aliphatic rings. The number of thiophene rings is 2. The number of hydrogen-bond acceptors (Lipinski definition) is 10. The van der Waals surface area contributed by atoms with Gasteiger partial charge in [0.25, 0.3) is 5.56 Å². The summed E-state index contributed by atoms with van der Waals surface area (Å²) in [6, 6.07) is 16.8. The molecule has 0 aliphatic heterocycles. The first kappa shape index (κ1) is 30.6. The molecule has 1 N–H and O–H groups in total. The van der Waals surface area contributed by atoms with E-state index >= 15 is 0 Å². The Morgan fingerprint density at radius 2 is 1.70 bits per heavy atom. The van der Waals surface area contributed by atoms with Gasteiger partial charge in [0.05, 0.1) is 18.3 Å². The molecule has 12 heteroatoms. The van der Waals surface area contributed by atoms with Gasteiger partial charge >= 0.3 is 11.9 Å². The van der Waals surface area contributed by atoms with Crippen LogP contribution in [0.3, 0.4) is 0 Å². The maximum atomic E-state index is 13.4. The van der Waals surface area contributed by atoms with Crippen LogP contribution >= 0.6 is 22.7 Å². The van der Waals surface area contributed by atoms with E-state index < -0.39 is 23.4 Å². The lowest BCUT2D eigenvalue weighted by molar-refractivity contribution is -0.116. The zero-order valence-electron chi connectivity index (χ0n) is 24.2. The first-order valence-corrected chi connectivity index (χ1v) is 15.5. The van der Waals surface area contributed by atoms with E-state index in [1.54, 1.807) is 31.4 Å². The topological polar surface area (TPSA) is 126 Å². The first-order valence-electron chi connectivity index (χ1n) is 13.8. The molecule has 0 radical (unpaired) electrons. The van der Waals surface area contributed by atoms with Crippen LogP contribution in [0.5, 0.6) is 5.75 Å². The lowest BCUT2D eigenvalue weighted by Crippen LogP contribution is -2.28. The zero-order valence-corrected chi connectivity index (χ0v) is 25.9. The molecule has 10 nitrogen and oxygen atoms in total. The van der Waals surface area contributed by atoms with Gasteiger partial charge in [-0.05, 0) is 44.0 Å². The third kappa shape index (κ3) is 6.71. The van der Waals surface area contributed by atoms with Crippen molar-refractivity contribution in [2.45, 2.75) is 27.3 Å². The van der Waals surface area contributed by atoms with Crippen molar-refractivity contribution in [3.05, 3.63) is 98.2 Å². The van der Waals surface area contributed by atoms with E-state index in [2.05, 4.69) is 10.3 Å². The fourth-order valence-corrected chi connectivity index (χ4v) is 6.47. The third-order valence-corrected chi connectivity index (χ3v) is 8.71. The van der Waals surface area contributed by atoms with Crippen LogP contribution in [0.4, 0.5) is 5.00 Å². The number of benzene rings is 2. The molecule has 226 valence electrons. The van der Waals surface area contributed by atoms with E-state index in [1.165, 1.54) is 22.2 Å². The van der Waals surface area contributed by atoms with Crippen molar-refractivity contribution >= 4 is 55.7 Å². The van der Waals surface area contributed by atoms with Crippen LogP contribution in [0, 0.1) is 13.8 Å². The van der Waals surface area contributed by atoms with Crippen LogP contribution in [0.1, 0.15) is 38.1 Å². The largest absolute Gasteiger partial charge is 0.490 e. The molecule has 5 aromatic rings. The molecule has 3 aromatic heterocycles. The summed E-state index contributed by atoms with van der Waals surface area (Å²) in [5, 5.41) is 5.11. The van der Waals surface area contributed by atoms with Crippen LogP contribution in [-0.2, 0) is 20.8 Å². The highest BCUT2D eigenvalue weighted by Gasteiger charge is 2.24. The predicted molar refractivity (Wildman–Crippen MR) is 170 cm³/mol. The minimum atomic E-state index is -0.584. The number of aryl methyl sites for hydroxylation is 2. The minimum absolute atomic E-state index is 0.0291. The molecule has 44 heavy (non-hydrogen) atoms. The van der Waals surface area contributed by atoms with Gasteiger partial charge in [0.2, 0.25) is 5.91 Å². The molecule has 0 saturated carbocycles. The number of aromatic nitrogens is 2. The second kappa shape index (κ2) is 13.7. The Labute approximate surface area is 260 Å². The number of anilines is 1. The highest BCUT2D eigenvalue weighted by atomic mass is 32.1. The van der Waals surface area contributed by atoms with Crippen molar-refractivity contribution in [3.8, 4) is 16.9 Å². The number of esters is 2. The average Bonchev–Trinajstić information content (AvgIpc) is 3.59. The number of ether oxygens (including phenoxy) is 3. The summed E-state index contributed by atoms with van der Waals surface area (Å²) in [6.07, 6.45) is 1.27. The molecular weight excluding hydrogens is 603 g/mol. The Morgan fingerprint density at radius 1 is 0.955 bits per heavy atom. The summed E-state index contributed by atoms with van der Waals surface area (Å²) in [4.78, 5) is 57.1. The molecule has 2 aromatic carbocycles. The van der Waals surface area contributed by atoms with E-state index in [9.17, 15) is 19.2 Å². The fraction of sp³-hybridized carbons (Fsp3) is 0.219. The van der Waals surface area contributed by atoms with E-state index in [1.807, 2.05) is 49.4 Å². The predicted octanol–water partition coefficient (Wildman–Crippen LogP) is 5.85. The van der Waals surface area contributed by atoms with Gasteiger partial charge in [0.1, 0.15) is 45.8 Å². The smallest absolute Gasteiger partial charge is 0.348 e. The maximum absolute atomic E-state index is 13.4. The fourth-order valence-electron chi connectivity index (χ4n) is 4.46. The zero-order chi connectivity index (χ0) is 31.2. The lowest BCUT2D eigenvalue weighted by atomic mass is 10.0. The molecule has 0 aliphatic carbocycles. The van der Waals surface area contributed by atoms with E-state index in [0.717, 1.165) is 22.5 Å². The SMILES string of the molecule is CCOC(=O)c1c(-c2ccc(C)cc2)csc1NC(=O)Cn1cnc2sc(C(=O)OCCOc3ccccc3)c(C)c2c1=O. The lowest BCUT2D eigenvalue weighted by Gasteiger charge is -2.10. The molecule has 1 amide bonds. The van der Waals surface area contributed by atoms with Gasteiger partial charge in [0.15, 0.2) is 0 Å². The van der Waals surface area contributed by atoms with Crippen molar-refractivity contribution < 1.29 is 28.6 Å². The second-order valence-corrected chi connectivity index (χ2v) is 11.6. The molecular formula is C32H29N3O7S2. The van der Waals surface area contributed by atoms with Crippen LogP contribution < -0.4 is 15.6 Å². The minimum Gasteiger partial charge on any atom is -0.490 e. The molecule has 0 fully saturated rings. The number of carbonyl (C=O) groups is 3. The summed E-state index contributed by atoms with van der Waals surface area (Å²) in [6.45, 7) is 5.35. The summed E-state index contributed by atoms with van der Waals surface area (Å²) in [7, 11) is 0. The Bertz CT molecular complexity index is 1880. The first-order chi connectivity index (χ1) is 21.3. The Balaban J connectivity index is 1.30. The van der Waals surface area contributed by atoms with Gasteiger partial charge < -0.3 is 19.5 Å². The van der Waals surface area contributed by atoms with Crippen LogP contribution in [0.15, 0.2) is 71.1 Å². The van der Waals surface area contributed by atoms with E-state index in [4.69, 9.17) is 14.2 Å². The number of nitrogens with zero attached hydrogens (tertiary/aromatic N) is 2. The number of rotatable bonds is 11. The number of hydrogen-bond donors (Lipinski definition) is 1. The van der Waals surface area contributed by atoms with Gasteiger partial charge in [-0.2, -0.15) is 0 Å². The molecule has 0 bridgehead atoms. The molecule has 0 atom stereocenters. The van der Waals surface area contributed by atoms with Crippen molar-refractivity contribution in [3.63, 3.8) is 0 Å². The highest BCUT2D eigenvalue weighted by molar-refractivity contribution is 7.20. The van der Waals surface area contributed by atoms with Crippen molar-refractivity contribution in [2.24, 2.45) is 0 Å². The number of fused-ring (bicyclic) bond motifs is 1. The summed E-state index contributed by atoms with van der Waals surface area (Å²) >= 11 is 2.25. The number of carbonyl (C=O) groups excluding carboxylic acids is 3. The number of para-hydroxylation sites is 1. The Hall–Kier alpha value is -4.81. The second-order valence-electron chi connectivity index (χ2n) is 9.70. The third-order valence-electron chi connectivity index (χ3n) is 6.63. The van der Waals surface area contributed by atoms with E-state index in [0.29, 0.717) is 26.7 Å². The summed E-state index contributed by atoms with van der Waals surface area (Å²) in [5.41, 5.74) is 2.74. The van der Waals surface area contributed by atoms with Gasteiger partial charge in [-0.25, -0.2) is 14.6 Å². The van der Waals surface area contributed by atoms with Crippen LogP contribution in [0.2, 0.25) is 0 Å². The van der Waals surface area contributed by atoms with Gasteiger partial charge in [-0.1, -0.05) is 48.0 Å². The Kier molecular flexibility index (Phi) is 9.51.